The summed E-state index contributed by atoms with van der Waals surface area (Å²) in [4.78, 5) is 23.6. The molecule has 4 heterocycles. The van der Waals surface area contributed by atoms with E-state index in [-0.39, 0.29) is 12.5 Å². The lowest BCUT2D eigenvalue weighted by Gasteiger charge is -2.26. The first kappa shape index (κ1) is 26.4. The summed E-state index contributed by atoms with van der Waals surface area (Å²) >= 11 is 1.51. The molecule has 1 aliphatic heterocycles. The smallest absolute Gasteiger partial charge is 0.244 e. The highest BCUT2D eigenvalue weighted by Gasteiger charge is 2.18. The lowest BCUT2D eigenvalue weighted by molar-refractivity contribution is -0.136. The topological polar surface area (TPSA) is 131 Å². The number of anilines is 2. The number of hydrogen-bond donors (Lipinski definition) is 1. The van der Waals surface area contributed by atoms with E-state index in [2.05, 4.69) is 31.7 Å². The van der Waals surface area contributed by atoms with Crippen LogP contribution in [-0.2, 0) is 16.1 Å². The van der Waals surface area contributed by atoms with E-state index < -0.39 is 0 Å². The standard InChI is InChI=1S/C29H26N8O3S/c1-18-13-20(15-30)14-19(2)26(18)40-28-27-23(7-12-41-27)32-29(33-28)31-22-5-3-21(4-6-22)24-16-37(35-34-24)17-25(38)36-8-10-39-11-9-36/h3-7,12-14,16H,8-11,17H2,1-2H3,(H,31,32,33). The number of aryl methyl sites for hydroxylation is 2. The van der Waals surface area contributed by atoms with Gasteiger partial charge in [0.1, 0.15) is 22.7 Å². The van der Waals surface area contributed by atoms with Crippen LogP contribution < -0.4 is 10.1 Å². The van der Waals surface area contributed by atoms with Crippen LogP contribution in [0.15, 0.2) is 54.0 Å². The highest BCUT2D eigenvalue weighted by atomic mass is 32.1. The van der Waals surface area contributed by atoms with Gasteiger partial charge in [-0.1, -0.05) is 17.3 Å². The highest BCUT2D eigenvalue weighted by Crippen LogP contribution is 2.36. The summed E-state index contributed by atoms with van der Waals surface area (Å²) in [6.45, 7) is 6.29. The molecule has 0 radical (unpaired) electrons. The summed E-state index contributed by atoms with van der Waals surface area (Å²) in [5.41, 5.74) is 5.40. The zero-order valence-corrected chi connectivity index (χ0v) is 23.3. The Balaban J connectivity index is 1.18. The van der Waals surface area contributed by atoms with Crippen molar-refractivity contribution < 1.29 is 14.3 Å². The molecule has 12 heteroatoms. The first-order valence-corrected chi connectivity index (χ1v) is 13.9. The maximum absolute atomic E-state index is 12.5. The van der Waals surface area contributed by atoms with Crippen molar-refractivity contribution in [2.75, 3.05) is 31.6 Å². The SMILES string of the molecule is Cc1cc(C#N)cc(C)c1Oc1nc(Nc2ccc(-c3cn(CC(=O)N4CCOCC4)nn3)cc2)nc2ccsc12. The van der Waals surface area contributed by atoms with Crippen LogP contribution in [0, 0.1) is 25.2 Å². The van der Waals surface area contributed by atoms with Gasteiger partial charge in [-0.25, -0.2) is 9.67 Å². The van der Waals surface area contributed by atoms with Gasteiger partial charge < -0.3 is 19.7 Å². The highest BCUT2D eigenvalue weighted by molar-refractivity contribution is 7.17. The van der Waals surface area contributed by atoms with Gasteiger partial charge in [0.25, 0.3) is 0 Å². The van der Waals surface area contributed by atoms with Crippen LogP contribution in [0.1, 0.15) is 16.7 Å². The number of carbonyl (C=O) groups is 1. The normalized spacial score (nSPS) is 13.2. The van der Waals surface area contributed by atoms with E-state index in [1.807, 2.05) is 49.6 Å². The van der Waals surface area contributed by atoms with Gasteiger partial charge in [0.2, 0.25) is 17.7 Å². The van der Waals surface area contributed by atoms with Crippen molar-refractivity contribution in [2.24, 2.45) is 0 Å². The Bertz CT molecular complexity index is 1740. The molecule has 2 aromatic carbocycles. The fraction of sp³-hybridized carbons (Fsp3) is 0.241. The van der Waals surface area contributed by atoms with E-state index in [0.717, 1.165) is 32.6 Å². The van der Waals surface area contributed by atoms with E-state index >= 15 is 0 Å². The average Bonchev–Trinajstić information content (AvgIpc) is 3.65. The number of nitrogens with one attached hydrogen (secondary N) is 1. The van der Waals surface area contributed by atoms with E-state index in [0.29, 0.717) is 55.1 Å². The molecule has 1 amide bonds. The molecule has 0 bridgehead atoms. The second kappa shape index (κ2) is 11.3. The Hall–Kier alpha value is -4.86. The quantitative estimate of drug-likeness (QED) is 0.294. The molecule has 1 saturated heterocycles. The molecule has 3 aromatic heterocycles. The lowest BCUT2D eigenvalue weighted by atomic mass is 10.1. The van der Waals surface area contributed by atoms with Crippen molar-refractivity contribution in [3.8, 4) is 29.0 Å². The molecule has 11 nitrogen and oxygen atoms in total. The van der Waals surface area contributed by atoms with Crippen molar-refractivity contribution in [3.63, 3.8) is 0 Å². The van der Waals surface area contributed by atoms with Crippen LogP contribution in [0.2, 0.25) is 0 Å². The third-order valence-corrected chi connectivity index (χ3v) is 7.59. The average molecular weight is 567 g/mol. The van der Waals surface area contributed by atoms with Gasteiger partial charge in [-0.05, 0) is 60.7 Å². The number of aromatic nitrogens is 5. The third-order valence-electron chi connectivity index (χ3n) is 6.70. The number of amides is 1. The van der Waals surface area contributed by atoms with Crippen molar-refractivity contribution in [2.45, 2.75) is 20.4 Å². The molecular formula is C29H26N8O3S. The Morgan fingerprint density at radius 1 is 1.12 bits per heavy atom. The van der Waals surface area contributed by atoms with Gasteiger partial charge >= 0.3 is 0 Å². The molecule has 0 saturated carbocycles. The largest absolute Gasteiger partial charge is 0.437 e. The Kier molecular flexibility index (Phi) is 7.28. The van der Waals surface area contributed by atoms with Gasteiger partial charge in [-0.15, -0.1) is 16.4 Å². The van der Waals surface area contributed by atoms with Gasteiger partial charge in [0.15, 0.2) is 0 Å². The number of fused-ring (bicyclic) bond motifs is 1. The molecule has 1 aliphatic rings. The number of morpholine rings is 1. The van der Waals surface area contributed by atoms with Gasteiger partial charge in [-0.2, -0.15) is 10.2 Å². The molecule has 0 unspecified atom stereocenters. The summed E-state index contributed by atoms with van der Waals surface area (Å²) in [7, 11) is 0. The van der Waals surface area contributed by atoms with Crippen molar-refractivity contribution >= 4 is 39.1 Å². The van der Waals surface area contributed by atoms with Crippen LogP contribution in [0.25, 0.3) is 21.5 Å². The Morgan fingerprint density at radius 3 is 2.61 bits per heavy atom. The zero-order valence-electron chi connectivity index (χ0n) is 22.5. The summed E-state index contributed by atoms with van der Waals surface area (Å²) in [6, 6.07) is 15.4. The lowest BCUT2D eigenvalue weighted by Crippen LogP contribution is -2.42. The molecule has 41 heavy (non-hydrogen) atoms. The van der Waals surface area contributed by atoms with Gasteiger partial charge in [0.05, 0.1) is 36.6 Å². The second-order valence-electron chi connectivity index (χ2n) is 9.64. The van der Waals surface area contributed by atoms with Crippen molar-refractivity contribution in [1.29, 1.82) is 5.26 Å². The minimum Gasteiger partial charge on any atom is -0.437 e. The predicted octanol–water partition coefficient (Wildman–Crippen LogP) is 4.83. The molecule has 5 aromatic rings. The van der Waals surface area contributed by atoms with Crippen LogP contribution in [0.3, 0.4) is 0 Å². The van der Waals surface area contributed by atoms with Crippen LogP contribution in [0.4, 0.5) is 11.6 Å². The van der Waals surface area contributed by atoms with Crippen LogP contribution >= 0.6 is 11.3 Å². The fourth-order valence-corrected chi connectivity index (χ4v) is 5.40. The number of nitrogens with zero attached hydrogens (tertiary/aromatic N) is 7. The fourth-order valence-electron chi connectivity index (χ4n) is 4.65. The van der Waals surface area contributed by atoms with Gasteiger partial charge in [-0.3, -0.25) is 4.79 Å². The zero-order chi connectivity index (χ0) is 28.3. The number of carbonyl (C=O) groups excluding carboxylic acids is 1. The molecule has 1 fully saturated rings. The number of hydrogen-bond acceptors (Lipinski definition) is 10. The summed E-state index contributed by atoms with van der Waals surface area (Å²) in [6.07, 6.45) is 1.77. The van der Waals surface area contributed by atoms with Crippen molar-refractivity contribution in [1.82, 2.24) is 29.9 Å². The van der Waals surface area contributed by atoms with Crippen LogP contribution in [0.5, 0.6) is 11.6 Å². The number of nitriles is 1. The second-order valence-corrected chi connectivity index (χ2v) is 10.6. The number of benzene rings is 2. The molecule has 0 atom stereocenters. The molecule has 0 aliphatic carbocycles. The molecular weight excluding hydrogens is 540 g/mol. The van der Waals surface area contributed by atoms with Crippen LogP contribution in [-0.4, -0.2) is 62.1 Å². The number of ether oxygens (including phenoxy) is 2. The molecule has 0 spiro atoms. The van der Waals surface area contributed by atoms with E-state index in [9.17, 15) is 10.1 Å². The Labute approximate surface area is 240 Å². The first-order valence-electron chi connectivity index (χ1n) is 13.0. The molecule has 6 rings (SSSR count). The number of rotatable bonds is 7. The summed E-state index contributed by atoms with van der Waals surface area (Å²) in [5, 5.41) is 22.9. The predicted molar refractivity (Wildman–Crippen MR) is 154 cm³/mol. The van der Waals surface area contributed by atoms with Gasteiger partial charge in [0, 0.05) is 24.3 Å². The molecule has 206 valence electrons. The van der Waals surface area contributed by atoms with E-state index in [1.54, 1.807) is 27.9 Å². The maximum atomic E-state index is 12.5. The summed E-state index contributed by atoms with van der Waals surface area (Å²) in [5.74, 6) is 1.52. The molecule has 1 N–H and O–H groups in total. The van der Waals surface area contributed by atoms with E-state index in [1.165, 1.54) is 11.3 Å². The van der Waals surface area contributed by atoms with E-state index in [4.69, 9.17) is 9.47 Å². The maximum Gasteiger partial charge on any atom is 0.244 e. The monoisotopic (exact) mass is 566 g/mol. The number of thiophene rings is 1. The minimum absolute atomic E-state index is 0.000239. The van der Waals surface area contributed by atoms with Crippen molar-refractivity contribution in [3.05, 3.63) is 70.7 Å². The third kappa shape index (κ3) is 5.72. The minimum atomic E-state index is -0.000239. The Morgan fingerprint density at radius 2 is 1.88 bits per heavy atom. The first-order chi connectivity index (χ1) is 20.0. The summed E-state index contributed by atoms with van der Waals surface area (Å²) < 4.78 is 14.0.